The van der Waals surface area contributed by atoms with E-state index in [0.29, 0.717) is 6.61 Å². The lowest BCUT2D eigenvalue weighted by Crippen LogP contribution is -2.44. The Balaban J connectivity index is 2.98. The van der Waals surface area contributed by atoms with Crippen molar-refractivity contribution in [3.63, 3.8) is 0 Å². The molecule has 0 aliphatic rings. The largest absolute Gasteiger partial charge is 0.374 e. The lowest BCUT2D eigenvalue weighted by Gasteiger charge is -2.33. The molecule has 3 N–H and O–H groups in total. The average Bonchev–Trinajstić information content (AvgIpc) is 2.18. The van der Waals surface area contributed by atoms with Crippen LogP contribution in [-0.2, 0) is 4.74 Å². The summed E-state index contributed by atoms with van der Waals surface area (Å²) in [5, 5.41) is 0. The molecule has 0 saturated heterocycles. The number of nitrogens with two attached hydrogens (primary N) is 1. The molecule has 4 nitrogen and oxygen atoms in total. The van der Waals surface area contributed by atoms with Crippen molar-refractivity contribution in [2.24, 2.45) is 5.84 Å². The summed E-state index contributed by atoms with van der Waals surface area (Å²) in [6.45, 7) is 8.68. The molecule has 1 heterocycles. The normalized spacial score (nSPS) is 13.8. The lowest BCUT2D eigenvalue weighted by atomic mass is 9.92. The predicted octanol–water partition coefficient (Wildman–Crippen LogP) is 1.71. The van der Waals surface area contributed by atoms with Crippen molar-refractivity contribution >= 4 is 0 Å². The molecule has 1 aromatic rings. The molecular formula is C12H21N3O. The van der Waals surface area contributed by atoms with Crippen molar-refractivity contribution in [1.29, 1.82) is 0 Å². The number of hydrazine groups is 1. The second-order valence-corrected chi connectivity index (χ2v) is 4.43. The predicted molar refractivity (Wildman–Crippen MR) is 64.7 cm³/mol. The molecule has 0 radical (unpaired) electrons. The molecular weight excluding hydrogens is 202 g/mol. The molecule has 1 unspecified atom stereocenters. The maximum atomic E-state index is 5.71. The van der Waals surface area contributed by atoms with Crippen LogP contribution in [0.1, 0.15) is 37.9 Å². The van der Waals surface area contributed by atoms with Crippen LogP contribution in [-0.4, -0.2) is 17.2 Å². The first-order valence-corrected chi connectivity index (χ1v) is 5.53. The summed E-state index contributed by atoms with van der Waals surface area (Å²) in [7, 11) is 0. The van der Waals surface area contributed by atoms with Crippen molar-refractivity contribution in [2.75, 3.05) is 6.61 Å². The van der Waals surface area contributed by atoms with Crippen LogP contribution in [0.2, 0.25) is 0 Å². The smallest absolute Gasteiger partial charge is 0.0833 e. The van der Waals surface area contributed by atoms with Gasteiger partial charge in [0.05, 0.1) is 11.6 Å². The Morgan fingerprint density at radius 3 is 2.69 bits per heavy atom. The molecule has 16 heavy (non-hydrogen) atoms. The number of aromatic nitrogens is 1. The number of nitrogens with zero attached hydrogens (tertiary/aromatic N) is 1. The molecule has 0 saturated carbocycles. The van der Waals surface area contributed by atoms with Crippen LogP contribution in [0, 0.1) is 6.92 Å². The van der Waals surface area contributed by atoms with Gasteiger partial charge < -0.3 is 4.74 Å². The number of rotatable bonds is 5. The first-order chi connectivity index (χ1) is 7.51. The molecule has 1 rings (SSSR count). The molecule has 0 aliphatic heterocycles. The van der Waals surface area contributed by atoms with Crippen LogP contribution < -0.4 is 11.3 Å². The highest BCUT2D eigenvalue weighted by molar-refractivity contribution is 5.22. The molecule has 0 aliphatic carbocycles. The molecule has 0 aromatic carbocycles. The quantitative estimate of drug-likeness (QED) is 0.589. The van der Waals surface area contributed by atoms with Gasteiger partial charge in [-0.15, -0.1) is 0 Å². The molecule has 0 bridgehead atoms. The zero-order chi connectivity index (χ0) is 12.2. The van der Waals surface area contributed by atoms with Gasteiger partial charge in [-0.2, -0.15) is 0 Å². The number of hydrogen-bond acceptors (Lipinski definition) is 4. The van der Waals surface area contributed by atoms with Gasteiger partial charge in [0.15, 0.2) is 0 Å². The molecule has 0 spiro atoms. The minimum atomic E-state index is -0.362. The van der Waals surface area contributed by atoms with Crippen molar-refractivity contribution < 1.29 is 4.74 Å². The minimum absolute atomic E-state index is 0.0696. The van der Waals surface area contributed by atoms with Gasteiger partial charge in [0, 0.05) is 19.0 Å². The fourth-order valence-corrected chi connectivity index (χ4v) is 1.89. The third-order valence-electron chi connectivity index (χ3n) is 2.61. The van der Waals surface area contributed by atoms with Gasteiger partial charge in [-0.3, -0.25) is 16.3 Å². The van der Waals surface area contributed by atoms with Gasteiger partial charge in [0.1, 0.15) is 0 Å². The summed E-state index contributed by atoms with van der Waals surface area (Å²) in [6.07, 6.45) is 3.64. The van der Waals surface area contributed by atoms with Crippen LogP contribution in [0.25, 0.3) is 0 Å². The Hall–Kier alpha value is -0.970. The topological polar surface area (TPSA) is 60.2 Å². The number of aryl methyl sites for hydroxylation is 1. The third-order valence-corrected chi connectivity index (χ3v) is 2.61. The highest BCUT2D eigenvalue weighted by atomic mass is 16.5. The van der Waals surface area contributed by atoms with E-state index in [0.717, 1.165) is 11.1 Å². The summed E-state index contributed by atoms with van der Waals surface area (Å²) in [4.78, 5) is 4.18. The molecule has 0 fully saturated rings. The van der Waals surface area contributed by atoms with Crippen LogP contribution in [0.3, 0.4) is 0 Å². The maximum absolute atomic E-state index is 5.71. The molecule has 0 amide bonds. The molecule has 90 valence electrons. The zero-order valence-electron chi connectivity index (χ0n) is 10.4. The summed E-state index contributed by atoms with van der Waals surface area (Å²) >= 11 is 0. The van der Waals surface area contributed by atoms with Gasteiger partial charge in [-0.05, 0) is 38.8 Å². The van der Waals surface area contributed by atoms with E-state index in [9.17, 15) is 0 Å². The van der Waals surface area contributed by atoms with E-state index in [1.165, 1.54) is 0 Å². The highest BCUT2D eigenvalue weighted by Crippen LogP contribution is 2.28. The first kappa shape index (κ1) is 13.1. The SMILES string of the molecule is CCOC(C)(C)C(NN)c1cncc(C)c1. The second-order valence-electron chi connectivity index (χ2n) is 4.43. The molecule has 1 aromatic heterocycles. The number of hydrogen-bond donors (Lipinski definition) is 2. The Labute approximate surface area is 97.2 Å². The van der Waals surface area contributed by atoms with Crippen LogP contribution >= 0.6 is 0 Å². The number of ether oxygens (including phenoxy) is 1. The van der Waals surface area contributed by atoms with Crippen molar-refractivity contribution in [3.05, 3.63) is 29.6 Å². The Kier molecular flexibility index (Phi) is 4.41. The fourth-order valence-electron chi connectivity index (χ4n) is 1.89. The van der Waals surface area contributed by atoms with Crippen LogP contribution in [0.4, 0.5) is 0 Å². The van der Waals surface area contributed by atoms with Gasteiger partial charge in [-0.25, -0.2) is 0 Å². The Bertz CT molecular complexity index is 339. The average molecular weight is 223 g/mol. The van der Waals surface area contributed by atoms with Crippen molar-refractivity contribution in [2.45, 2.75) is 39.3 Å². The first-order valence-electron chi connectivity index (χ1n) is 5.53. The minimum Gasteiger partial charge on any atom is -0.374 e. The standard InChI is InChI=1S/C12H21N3O/c1-5-16-12(3,4)11(15-13)10-6-9(2)7-14-8-10/h6-8,11,15H,5,13H2,1-4H3. The van der Waals surface area contributed by atoms with Gasteiger partial charge in [0.25, 0.3) is 0 Å². The second kappa shape index (κ2) is 5.39. The van der Waals surface area contributed by atoms with E-state index in [1.807, 2.05) is 40.1 Å². The van der Waals surface area contributed by atoms with E-state index in [4.69, 9.17) is 10.6 Å². The van der Waals surface area contributed by atoms with E-state index >= 15 is 0 Å². The van der Waals surface area contributed by atoms with E-state index < -0.39 is 0 Å². The van der Waals surface area contributed by atoms with E-state index in [2.05, 4.69) is 16.5 Å². The van der Waals surface area contributed by atoms with Gasteiger partial charge >= 0.3 is 0 Å². The zero-order valence-corrected chi connectivity index (χ0v) is 10.4. The number of nitrogens with one attached hydrogen (secondary N) is 1. The van der Waals surface area contributed by atoms with Crippen molar-refractivity contribution in [3.8, 4) is 0 Å². The van der Waals surface area contributed by atoms with Gasteiger partial charge in [-0.1, -0.05) is 6.07 Å². The van der Waals surface area contributed by atoms with Crippen molar-refractivity contribution in [1.82, 2.24) is 10.4 Å². The summed E-state index contributed by atoms with van der Waals surface area (Å²) in [5.41, 5.74) is 4.60. The maximum Gasteiger partial charge on any atom is 0.0833 e. The summed E-state index contributed by atoms with van der Waals surface area (Å²) in [6, 6.07) is 2.00. The third kappa shape index (κ3) is 3.01. The fraction of sp³-hybridized carbons (Fsp3) is 0.583. The summed E-state index contributed by atoms with van der Waals surface area (Å²) in [5.74, 6) is 5.61. The monoisotopic (exact) mass is 223 g/mol. The van der Waals surface area contributed by atoms with Gasteiger partial charge in [0.2, 0.25) is 0 Å². The molecule has 1 atom stereocenters. The summed E-state index contributed by atoms with van der Waals surface area (Å²) < 4.78 is 5.71. The highest BCUT2D eigenvalue weighted by Gasteiger charge is 2.30. The van der Waals surface area contributed by atoms with E-state index in [-0.39, 0.29) is 11.6 Å². The van der Waals surface area contributed by atoms with Crippen LogP contribution in [0.5, 0.6) is 0 Å². The lowest BCUT2D eigenvalue weighted by molar-refractivity contribution is -0.0393. The Morgan fingerprint density at radius 1 is 1.50 bits per heavy atom. The molecule has 4 heteroatoms. The Morgan fingerprint density at radius 2 is 2.19 bits per heavy atom. The van der Waals surface area contributed by atoms with E-state index in [1.54, 1.807) is 0 Å². The van der Waals surface area contributed by atoms with Crippen LogP contribution in [0.15, 0.2) is 18.5 Å². The number of pyridine rings is 1.